The van der Waals surface area contributed by atoms with Gasteiger partial charge in [0.15, 0.2) is 0 Å². The summed E-state index contributed by atoms with van der Waals surface area (Å²) < 4.78 is 15.6. The van der Waals surface area contributed by atoms with Gasteiger partial charge in [0.25, 0.3) is 0 Å². The molecule has 4 heteroatoms. The first-order chi connectivity index (χ1) is 8.26. The molecule has 1 aromatic carbocycles. The average molecular weight is 236 g/mol. The Hall–Kier alpha value is -1.86. The van der Waals surface area contributed by atoms with E-state index in [0.29, 0.717) is 29.2 Å². The van der Waals surface area contributed by atoms with Crippen LogP contribution in [0.5, 0.6) is 17.2 Å². The van der Waals surface area contributed by atoms with Crippen molar-refractivity contribution in [3.8, 4) is 29.1 Å². The number of rotatable bonds is 4. The first-order valence-corrected chi connectivity index (χ1v) is 5.16. The molecule has 0 spiro atoms. The Morgan fingerprint density at radius 1 is 1.06 bits per heavy atom. The van der Waals surface area contributed by atoms with E-state index in [-0.39, 0.29) is 6.61 Å². The van der Waals surface area contributed by atoms with Crippen LogP contribution in [0, 0.1) is 11.8 Å². The number of hydrogen-bond acceptors (Lipinski definition) is 4. The monoisotopic (exact) mass is 236 g/mol. The van der Waals surface area contributed by atoms with Crippen molar-refractivity contribution < 1.29 is 19.3 Å². The largest absolute Gasteiger partial charge is 0.496 e. The van der Waals surface area contributed by atoms with Crippen molar-refractivity contribution >= 4 is 0 Å². The highest BCUT2D eigenvalue weighted by molar-refractivity contribution is 5.58. The summed E-state index contributed by atoms with van der Waals surface area (Å²) in [6.45, 7) is 0.0355. The van der Waals surface area contributed by atoms with Crippen LogP contribution < -0.4 is 14.2 Å². The summed E-state index contributed by atoms with van der Waals surface area (Å²) in [5.41, 5.74) is 0.657. The van der Waals surface area contributed by atoms with E-state index >= 15 is 0 Å². The fraction of sp³-hybridized carbons (Fsp3) is 0.385. The summed E-state index contributed by atoms with van der Waals surface area (Å²) in [5.74, 6) is 7.58. The lowest BCUT2D eigenvalue weighted by Gasteiger charge is -2.11. The van der Waals surface area contributed by atoms with E-state index in [1.807, 2.05) is 0 Å². The zero-order valence-corrected chi connectivity index (χ0v) is 10.2. The van der Waals surface area contributed by atoms with Gasteiger partial charge >= 0.3 is 0 Å². The van der Waals surface area contributed by atoms with Gasteiger partial charge in [0.2, 0.25) is 0 Å². The van der Waals surface area contributed by atoms with E-state index in [1.165, 1.54) is 0 Å². The predicted octanol–water partition coefficient (Wildman–Crippen LogP) is 1.45. The first-order valence-electron chi connectivity index (χ1n) is 5.16. The van der Waals surface area contributed by atoms with Crippen LogP contribution in [0.3, 0.4) is 0 Å². The van der Waals surface area contributed by atoms with Gasteiger partial charge in [-0.1, -0.05) is 11.8 Å². The molecule has 0 aliphatic rings. The third-order valence-electron chi connectivity index (χ3n) is 2.17. The molecule has 0 amide bonds. The summed E-state index contributed by atoms with van der Waals surface area (Å²) in [6, 6.07) is 3.48. The zero-order chi connectivity index (χ0) is 12.7. The van der Waals surface area contributed by atoms with Crippen molar-refractivity contribution in [2.75, 3.05) is 27.9 Å². The van der Waals surface area contributed by atoms with Crippen LogP contribution in [0.2, 0.25) is 0 Å². The minimum Gasteiger partial charge on any atom is -0.496 e. The molecule has 0 aromatic heterocycles. The first kappa shape index (κ1) is 13.2. The molecule has 17 heavy (non-hydrogen) atoms. The summed E-state index contributed by atoms with van der Waals surface area (Å²) in [5, 5.41) is 8.69. The fourth-order valence-electron chi connectivity index (χ4n) is 1.34. The highest BCUT2D eigenvalue weighted by Crippen LogP contribution is 2.33. The van der Waals surface area contributed by atoms with E-state index in [0.717, 1.165) is 0 Å². The van der Waals surface area contributed by atoms with Crippen molar-refractivity contribution in [2.45, 2.75) is 6.42 Å². The van der Waals surface area contributed by atoms with Crippen molar-refractivity contribution in [1.82, 2.24) is 0 Å². The van der Waals surface area contributed by atoms with Gasteiger partial charge in [-0.05, 0) is 0 Å². The Balaban J connectivity index is 3.21. The predicted molar refractivity (Wildman–Crippen MR) is 64.7 cm³/mol. The normalized spacial score (nSPS) is 9.18. The van der Waals surface area contributed by atoms with Gasteiger partial charge in [-0.15, -0.1) is 0 Å². The maximum atomic E-state index is 8.69. The molecule has 0 aliphatic heterocycles. The molecular formula is C13H16O4. The topological polar surface area (TPSA) is 47.9 Å². The molecule has 1 aromatic rings. The van der Waals surface area contributed by atoms with E-state index in [9.17, 15) is 0 Å². The van der Waals surface area contributed by atoms with Crippen LogP contribution in [0.25, 0.3) is 0 Å². The number of methoxy groups -OCH3 is 3. The van der Waals surface area contributed by atoms with Gasteiger partial charge < -0.3 is 19.3 Å². The van der Waals surface area contributed by atoms with Crippen molar-refractivity contribution in [3.63, 3.8) is 0 Å². The number of benzene rings is 1. The lowest BCUT2D eigenvalue weighted by atomic mass is 10.1. The Bertz CT molecular complexity index is 404. The van der Waals surface area contributed by atoms with Gasteiger partial charge in [-0.2, -0.15) is 0 Å². The molecule has 1 rings (SSSR count). The standard InChI is InChI=1S/C13H16O4/c1-15-10-8-12(16-2)11(6-4-5-7-14)13(9-10)17-3/h8-9,14H,5,7H2,1-3H3. The van der Waals surface area contributed by atoms with E-state index < -0.39 is 0 Å². The van der Waals surface area contributed by atoms with Crippen LogP contribution in [0.15, 0.2) is 12.1 Å². The maximum absolute atomic E-state index is 8.69. The van der Waals surface area contributed by atoms with Crippen molar-refractivity contribution in [2.24, 2.45) is 0 Å². The van der Waals surface area contributed by atoms with Crippen LogP contribution >= 0.6 is 0 Å². The molecule has 92 valence electrons. The molecule has 0 unspecified atom stereocenters. The van der Waals surface area contributed by atoms with Gasteiger partial charge in [0.05, 0.1) is 27.9 Å². The SMILES string of the molecule is COc1cc(OC)c(C#CCCO)c(OC)c1. The summed E-state index contributed by atoms with van der Waals surface area (Å²) >= 11 is 0. The molecule has 0 saturated carbocycles. The fourth-order valence-corrected chi connectivity index (χ4v) is 1.34. The Morgan fingerprint density at radius 3 is 2.06 bits per heavy atom. The summed E-state index contributed by atoms with van der Waals surface area (Å²) in [4.78, 5) is 0. The molecule has 0 bridgehead atoms. The zero-order valence-electron chi connectivity index (χ0n) is 10.2. The quantitative estimate of drug-likeness (QED) is 0.804. The molecule has 0 atom stereocenters. The van der Waals surface area contributed by atoms with Gasteiger partial charge in [-0.25, -0.2) is 0 Å². The minimum atomic E-state index is 0.0355. The molecule has 4 nitrogen and oxygen atoms in total. The Kier molecular flexibility index (Phi) is 5.18. The second-order valence-corrected chi connectivity index (χ2v) is 3.18. The highest BCUT2D eigenvalue weighted by Gasteiger charge is 2.10. The van der Waals surface area contributed by atoms with Crippen LogP contribution in [-0.4, -0.2) is 33.0 Å². The summed E-state index contributed by atoms with van der Waals surface area (Å²) in [7, 11) is 4.70. The third kappa shape index (κ3) is 3.30. The number of aliphatic hydroxyl groups is 1. The van der Waals surface area contributed by atoms with E-state index in [2.05, 4.69) is 11.8 Å². The molecule has 0 aliphatic carbocycles. The van der Waals surface area contributed by atoms with Crippen LogP contribution in [0.4, 0.5) is 0 Å². The number of ether oxygens (including phenoxy) is 3. The molecule has 0 fully saturated rings. The van der Waals surface area contributed by atoms with Crippen LogP contribution in [0.1, 0.15) is 12.0 Å². The molecule has 0 radical (unpaired) electrons. The lowest BCUT2D eigenvalue weighted by molar-refractivity contribution is 0.305. The van der Waals surface area contributed by atoms with Crippen LogP contribution in [-0.2, 0) is 0 Å². The van der Waals surface area contributed by atoms with Crippen molar-refractivity contribution in [1.29, 1.82) is 0 Å². The smallest absolute Gasteiger partial charge is 0.141 e. The molecule has 0 saturated heterocycles. The number of hydrogen-bond donors (Lipinski definition) is 1. The summed E-state index contributed by atoms with van der Waals surface area (Å²) in [6.07, 6.45) is 0.415. The van der Waals surface area contributed by atoms with Gasteiger partial charge in [0, 0.05) is 18.6 Å². The van der Waals surface area contributed by atoms with Gasteiger partial charge in [0.1, 0.15) is 22.8 Å². The Morgan fingerprint density at radius 2 is 1.65 bits per heavy atom. The Labute approximate surface area is 101 Å². The van der Waals surface area contributed by atoms with Gasteiger partial charge in [-0.3, -0.25) is 0 Å². The second-order valence-electron chi connectivity index (χ2n) is 3.18. The third-order valence-corrected chi connectivity index (χ3v) is 2.17. The average Bonchev–Trinajstić information content (AvgIpc) is 2.38. The maximum Gasteiger partial charge on any atom is 0.141 e. The van der Waals surface area contributed by atoms with Crippen molar-refractivity contribution in [3.05, 3.63) is 17.7 Å². The lowest BCUT2D eigenvalue weighted by Crippen LogP contribution is -1.95. The highest BCUT2D eigenvalue weighted by atomic mass is 16.5. The van der Waals surface area contributed by atoms with E-state index in [1.54, 1.807) is 33.5 Å². The molecule has 1 N–H and O–H groups in total. The molecular weight excluding hydrogens is 220 g/mol. The minimum absolute atomic E-state index is 0.0355. The second kappa shape index (κ2) is 6.66. The molecule has 0 heterocycles. The van der Waals surface area contributed by atoms with E-state index in [4.69, 9.17) is 19.3 Å². The number of aliphatic hydroxyl groups excluding tert-OH is 1.